The molecule has 0 radical (unpaired) electrons. The van der Waals surface area contributed by atoms with E-state index < -0.39 is 0 Å². The number of rotatable bonds is 7. The van der Waals surface area contributed by atoms with Crippen molar-refractivity contribution in [3.8, 4) is 11.4 Å². The summed E-state index contributed by atoms with van der Waals surface area (Å²) in [6, 6.07) is 16.8. The van der Waals surface area contributed by atoms with Crippen molar-refractivity contribution in [2.75, 3.05) is 42.3 Å². The number of anilines is 3. The topological polar surface area (TPSA) is 139 Å². The molecule has 0 bridgehead atoms. The zero-order valence-electron chi connectivity index (χ0n) is 23.6. The van der Waals surface area contributed by atoms with Gasteiger partial charge in [0.2, 0.25) is 5.95 Å². The molecule has 5 rings (SSSR count). The third kappa shape index (κ3) is 6.67. The Morgan fingerprint density at radius 3 is 2.44 bits per heavy atom. The van der Waals surface area contributed by atoms with Gasteiger partial charge in [-0.05, 0) is 41.3 Å². The highest BCUT2D eigenvalue weighted by molar-refractivity contribution is 6.05. The first-order chi connectivity index (χ1) is 19.7. The van der Waals surface area contributed by atoms with Crippen LogP contribution >= 0.6 is 0 Å². The maximum atomic E-state index is 13.1. The van der Waals surface area contributed by atoms with Gasteiger partial charge < -0.3 is 25.8 Å². The molecule has 4 aromatic rings. The zero-order chi connectivity index (χ0) is 29.0. The van der Waals surface area contributed by atoms with E-state index in [1.54, 1.807) is 30.3 Å². The van der Waals surface area contributed by atoms with E-state index >= 15 is 0 Å². The molecular formula is C31H35N7O3. The number of nitrogens with two attached hydrogens (primary N) is 1. The smallest absolute Gasteiger partial charge is 0.255 e. The molecule has 0 saturated carbocycles. The number of carbonyl (C=O) groups excluding carboxylic acids is 1. The quantitative estimate of drug-likeness (QED) is 0.310. The van der Waals surface area contributed by atoms with Gasteiger partial charge in [0, 0.05) is 41.2 Å². The van der Waals surface area contributed by atoms with Crippen LogP contribution in [-0.4, -0.2) is 57.3 Å². The summed E-state index contributed by atoms with van der Waals surface area (Å²) >= 11 is 0. The number of aliphatic hydroxyl groups excluding tert-OH is 1. The van der Waals surface area contributed by atoms with Crippen molar-refractivity contribution in [1.82, 2.24) is 19.9 Å². The van der Waals surface area contributed by atoms with Crippen LogP contribution in [0.2, 0.25) is 0 Å². The lowest BCUT2D eigenvalue weighted by atomic mass is 9.86. The molecule has 1 aliphatic rings. The number of hydrogen-bond donors (Lipinski definition) is 3. The third-order valence-electron chi connectivity index (χ3n) is 7.06. The Balaban J connectivity index is 1.36. The first kappa shape index (κ1) is 28.1. The predicted molar refractivity (Wildman–Crippen MR) is 159 cm³/mol. The number of hydrogen-bond acceptors (Lipinski definition) is 9. The Bertz CT molecular complexity index is 1510. The van der Waals surface area contributed by atoms with Gasteiger partial charge in [0.25, 0.3) is 5.91 Å². The first-order valence-electron chi connectivity index (χ1n) is 13.6. The SMILES string of the molecule is CC(C)(C)c1ccc(C(=O)Nc2cccc(-c3nc(N)nc(Cc4ccc(N5CCOCC5)cn4)n3)c2CO)cc1. The van der Waals surface area contributed by atoms with Crippen LogP contribution in [0.4, 0.5) is 17.3 Å². The van der Waals surface area contributed by atoms with Crippen molar-refractivity contribution >= 4 is 23.2 Å². The fourth-order valence-corrected chi connectivity index (χ4v) is 4.73. The molecule has 10 heteroatoms. The molecule has 4 N–H and O–H groups in total. The molecule has 1 saturated heterocycles. The summed E-state index contributed by atoms with van der Waals surface area (Å²) in [4.78, 5) is 33.2. The summed E-state index contributed by atoms with van der Waals surface area (Å²) in [5.41, 5.74) is 11.1. The molecule has 0 aliphatic carbocycles. The number of benzene rings is 2. The van der Waals surface area contributed by atoms with Crippen molar-refractivity contribution in [3.63, 3.8) is 0 Å². The number of nitrogens with zero attached hydrogens (tertiary/aromatic N) is 5. The molecule has 2 aromatic carbocycles. The molecule has 1 amide bonds. The molecule has 2 aromatic heterocycles. The number of nitrogens with one attached hydrogen (secondary N) is 1. The van der Waals surface area contributed by atoms with E-state index in [0.29, 0.717) is 53.7 Å². The highest BCUT2D eigenvalue weighted by atomic mass is 16.5. The lowest BCUT2D eigenvalue weighted by molar-refractivity contribution is 0.102. The number of pyridine rings is 1. The van der Waals surface area contributed by atoms with E-state index in [9.17, 15) is 9.90 Å². The molecule has 41 heavy (non-hydrogen) atoms. The van der Waals surface area contributed by atoms with Crippen LogP contribution < -0.4 is 16.0 Å². The van der Waals surface area contributed by atoms with E-state index in [1.165, 1.54) is 0 Å². The number of amides is 1. The average Bonchev–Trinajstić information content (AvgIpc) is 2.97. The van der Waals surface area contributed by atoms with Crippen molar-refractivity contribution in [2.24, 2.45) is 0 Å². The third-order valence-corrected chi connectivity index (χ3v) is 7.06. The maximum Gasteiger partial charge on any atom is 0.255 e. The van der Waals surface area contributed by atoms with Crippen LogP contribution in [0.15, 0.2) is 60.8 Å². The Labute approximate surface area is 239 Å². The van der Waals surface area contributed by atoms with Crippen LogP contribution in [0.3, 0.4) is 0 Å². The Morgan fingerprint density at radius 2 is 1.78 bits per heavy atom. The minimum atomic E-state index is -0.333. The van der Waals surface area contributed by atoms with Gasteiger partial charge in [-0.3, -0.25) is 9.78 Å². The highest BCUT2D eigenvalue weighted by Gasteiger charge is 2.18. The second-order valence-electron chi connectivity index (χ2n) is 11.0. The first-order valence-corrected chi connectivity index (χ1v) is 13.6. The van der Waals surface area contributed by atoms with Gasteiger partial charge in [0.05, 0.1) is 38.1 Å². The Hall–Kier alpha value is -4.41. The summed E-state index contributed by atoms with van der Waals surface area (Å²) in [5.74, 6) is 0.551. The molecule has 0 spiro atoms. The summed E-state index contributed by atoms with van der Waals surface area (Å²) in [6.07, 6.45) is 2.21. The molecule has 10 nitrogen and oxygen atoms in total. The van der Waals surface area contributed by atoms with E-state index in [1.807, 2.05) is 30.5 Å². The van der Waals surface area contributed by atoms with Crippen molar-refractivity contribution < 1.29 is 14.6 Å². The van der Waals surface area contributed by atoms with Crippen molar-refractivity contribution in [1.29, 1.82) is 0 Å². The van der Waals surface area contributed by atoms with Gasteiger partial charge in [0.15, 0.2) is 5.82 Å². The second-order valence-corrected chi connectivity index (χ2v) is 11.0. The zero-order valence-corrected chi connectivity index (χ0v) is 23.6. The van der Waals surface area contributed by atoms with E-state index in [2.05, 4.69) is 50.9 Å². The largest absolute Gasteiger partial charge is 0.392 e. The minimum Gasteiger partial charge on any atom is -0.392 e. The monoisotopic (exact) mass is 553 g/mol. The number of aromatic nitrogens is 4. The minimum absolute atomic E-state index is 0.0128. The number of nitrogen functional groups attached to an aromatic ring is 1. The fourth-order valence-electron chi connectivity index (χ4n) is 4.73. The van der Waals surface area contributed by atoms with Gasteiger partial charge in [-0.25, -0.2) is 4.98 Å². The normalized spacial score (nSPS) is 13.7. The summed E-state index contributed by atoms with van der Waals surface area (Å²) < 4.78 is 5.43. The van der Waals surface area contributed by atoms with Gasteiger partial charge >= 0.3 is 0 Å². The van der Waals surface area contributed by atoms with E-state index in [-0.39, 0.29) is 23.9 Å². The molecule has 1 aliphatic heterocycles. The van der Waals surface area contributed by atoms with Crippen LogP contribution in [0, 0.1) is 0 Å². The highest BCUT2D eigenvalue weighted by Crippen LogP contribution is 2.29. The summed E-state index contributed by atoms with van der Waals surface area (Å²) in [6.45, 7) is 9.13. The molecular weight excluding hydrogens is 518 g/mol. The lowest BCUT2D eigenvalue weighted by Crippen LogP contribution is -2.36. The standard InChI is InChI=1S/C31H35N7O3/c1-31(2,3)21-9-7-20(8-10-21)29(40)34-26-6-4-5-24(25(26)19-39)28-35-27(36-30(32)37-28)17-22-11-12-23(18-33-22)38-13-15-41-16-14-38/h4-12,18,39H,13-17,19H2,1-3H3,(H,34,40)(H2,32,35,36,37). The molecule has 0 unspecified atom stereocenters. The molecule has 3 heterocycles. The van der Waals surface area contributed by atoms with Gasteiger partial charge in [-0.15, -0.1) is 0 Å². The van der Waals surface area contributed by atoms with Crippen LogP contribution in [-0.2, 0) is 23.2 Å². The average molecular weight is 554 g/mol. The Kier molecular flexibility index (Phi) is 8.23. The maximum absolute atomic E-state index is 13.1. The number of morpholine rings is 1. The van der Waals surface area contributed by atoms with Crippen LogP contribution in [0.5, 0.6) is 0 Å². The second kappa shape index (κ2) is 12.0. The Morgan fingerprint density at radius 1 is 1.02 bits per heavy atom. The lowest BCUT2D eigenvalue weighted by Gasteiger charge is -2.28. The van der Waals surface area contributed by atoms with E-state index in [4.69, 9.17) is 10.5 Å². The van der Waals surface area contributed by atoms with Gasteiger partial charge in [-0.2, -0.15) is 9.97 Å². The number of ether oxygens (including phenoxy) is 1. The van der Waals surface area contributed by atoms with Gasteiger partial charge in [-0.1, -0.05) is 45.0 Å². The van der Waals surface area contributed by atoms with Crippen molar-refractivity contribution in [3.05, 3.63) is 89.0 Å². The fraction of sp³-hybridized carbons (Fsp3) is 0.323. The predicted octanol–water partition coefficient (Wildman–Crippen LogP) is 3.99. The van der Waals surface area contributed by atoms with E-state index in [0.717, 1.165) is 30.0 Å². The summed E-state index contributed by atoms with van der Waals surface area (Å²) in [7, 11) is 0. The van der Waals surface area contributed by atoms with Crippen LogP contribution in [0.25, 0.3) is 11.4 Å². The molecule has 1 fully saturated rings. The molecule has 212 valence electrons. The summed E-state index contributed by atoms with van der Waals surface area (Å²) in [5, 5.41) is 13.2. The van der Waals surface area contributed by atoms with Crippen LogP contribution in [0.1, 0.15) is 53.8 Å². The number of carbonyl (C=O) groups is 1. The van der Waals surface area contributed by atoms with Gasteiger partial charge in [0.1, 0.15) is 5.82 Å². The van der Waals surface area contributed by atoms with Crippen molar-refractivity contribution in [2.45, 2.75) is 39.2 Å². The number of aliphatic hydroxyl groups is 1. The molecule has 0 atom stereocenters.